The van der Waals surface area contributed by atoms with Gasteiger partial charge in [0.2, 0.25) is 0 Å². The lowest BCUT2D eigenvalue weighted by atomic mass is 10.2. The lowest BCUT2D eigenvalue weighted by Crippen LogP contribution is -1.84. The van der Waals surface area contributed by atoms with E-state index in [-0.39, 0.29) is 0 Å². The average Bonchev–Trinajstić information content (AvgIpc) is 1.99. The molecule has 0 radical (unpaired) electrons. The number of hydrogen-bond acceptors (Lipinski definition) is 1. The molecule has 1 aromatic carbocycles. The van der Waals surface area contributed by atoms with E-state index in [1.807, 2.05) is 24.3 Å². The fourth-order valence-corrected chi connectivity index (χ4v) is 1.25. The molecule has 0 unspecified atom stereocenters. The molecule has 12 heavy (non-hydrogen) atoms. The first-order chi connectivity index (χ1) is 5.72. The zero-order valence-corrected chi connectivity index (χ0v) is 7.94. The second-order valence-corrected chi connectivity index (χ2v) is 3.12. The molecule has 0 aliphatic carbocycles. The molecule has 0 amide bonds. The summed E-state index contributed by atoms with van der Waals surface area (Å²) in [5.74, 6) is 0.492. The summed E-state index contributed by atoms with van der Waals surface area (Å²) in [6, 6.07) is 5.38. The lowest BCUT2D eigenvalue weighted by molar-refractivity contribution is 1.63. The Morgan fingerprint density at radius 1 is 1.33 bits per heavy atom. The molecule has 0 saturated heterocycles. The normalized spacial score (nSPS) is 10.8. The van der Waals surface area contributed by atoms with Crippen molar-refractivity contribution in [3.8, 4) is 0 Å². The van der Waals surface area contributed by atoms with E-state index in [1.54, 1.807) is 6.07 Å². The molecule has 3 heteroatoms. The minimum Gasteiger partial charge on any atom is -0.399 e. The van der Waals surface area contributed by atoms with E-state index in [4.69, 9.17) is 28.9 Å². The molecule has 0 heterocycles. The van der Waals surface area contributed by atoms with Gasteiger partial charge in [-0.1, -0.05) is 23.8 Å². The second-order valence-electron chi connectivity index (χ2n) is 2.37. The predicted octanol–water partition coefficient (Wildman–Crippen LogP) is 3.17. The molecule has 0 fully saturated rings. The SMILES string of the molecule is Nc1cc(Cl)cc(C=CCCl)c1. The number of anilines is 1. The largest absolute Gasteiger partial charge is 0.399 e. The molecule has 0 saturated carbocycles. The summed E-state index contributed by atoms with van der Waals surface area (Å²) in [7, 11) is 0. The van der Waals surface area contributed by atoms with Crippen LogP contribution in [0.15, 0.2) is 24.3 Å². The molecule has 64 valence electrons. The second kappa shape index (κ2) is 4.39. The van der Waals surface area contributed by atoms with Crippen LogP contribution in [0.5, 0.6) is 0 Å². The molecule has 0 aliphatic heterocycles. The van der Waals surface area contributed by atoms with Crippen molar-refractivity contribution in [1.29, 1.82) is 0 Å². The summed E-state index contributed by atoms with van der Waals surface area (Å²) in [6.45, 7) is 0. The van der Waals surface area contributed by atoms with Crippen LogP contribution in [0.3, 0.4) is 0 Å². The molecular formula is C9H9Cl2N. The molecule has 0 bridgehead atoms. The van der Waals surface area contributed by atoms with Crippen molar-refractivity contribution in [3.05, 3.63) is 34.9 Å². The number of benzene rings is 1. The number of alkyl halides is 1. The predicted molar refractivity (Wildman–Crippen MR) is 55.6 cm³/mol. The molecule has 1 nitrogen and oxygen atoms in total. The van der Waals surface area contributed by atoms with Crippen molar-refractivity contribution in [2.24, 2.45) is 0 Å². The van der Waals surface area contributed by atoms with Gasteiger partial charge in [-0.2, -0.15) is 0 Å². The maximum absolute atomic E-state index is 5.78. The van der Waals surface area contributed by atoms with Gasteiger partial charge in [-0.05, 0) is 23.8 Å². The third-order valence-corrected chi connectivity index (χ3v) is 1.74. The highest BCUT2D eigenvalue weighted by Crippen LogP contribution is 2.17. The van der Waals surface area contributed by atoms with Crippen molar-refractivity contribution >= 4 is 35.0 Å². The fourth-order valence-electron chi connectivity index (χ4n) is 0.913. The van der Waals surface area contributed by atoms with Gasteiger partial charge in [0, 0.05) is 16.6 Å². The van der Waals surface area contributed by atoms with Gasteiger partial charge in [-0.3, -0.25) is 0 Å². The van der Waals surface area contributed by atoms with Crippen molar-refractivity contribution in [3.63, 3.8) is 0 Å². The number of nitrogen functional groups attached to an aromatic ring is 1. The van der Waals surface area contributed by atoms with Gasteiger partial charge in [0.1, 0.15) is 0 Å². The Balaban J connectivity index is 2.93. The van der Waals surface area contributed by atoms with Crippen molar-refractivity contribution in [2.45, 2.75) is 0 Å². The molecule has 1 rings (SSSR count). The van der Waals surface area contributed by atoms with Gasteiger partial charge in [0.05, 0.1) is 0 Å². The number of hydrogen-bond donors (Lipinski definition) is 1. The Bertz CT molecular complexity index is 274. The van der Waals surface area contributed by atoms with E-state index >= 15 is 0 Å². The highest BCUT2D eigenvalue weighted by atomic mass is 35.5. The van der Waals surface area contributed by atoms with Gasteiger partial charge < -0.3 is 5.73 Å². The van der Waals surface area contributed by atoms with Crippen molar-refractivity contribution in [2.75, 3.05) is 11.6 Å². The van der Waals surface area contributed by atoms with Crippen LogP contribution in [0.4, 0.5) is 5.69 Å². The standard InChI is InChI=1S/C9H9Cl2N/c10-3-1-2-7-4-8(11)6-9(12)5-7/h1-2,4-6H,3,12H2. The maximum Gasteiger partial charge on any atom is 0.0432 e. The quantitative estimate of drug-likeness (QED) is 0.578. The van der Waals surface area contributed by atoms with Crippen LogP contribution in [0, 0.1) is 0 Å². The monoisotopic (exact) mass is 201 g/mol. The van der Waals surface area contributed by atoms with Crippen molar-refractivity contribution < 1.29 is 0 Å². The van der Waals surface area contributed by atoms with E-state index in [1.165, 1.54) is 0 Å². The van der Waals surface area contributed by atoms with Gasteiger partial charge >= 0.3 is 0 Å². The molecule has 0 aromatic heterocycles. The van der Waals surface area contributed by atoms with Crippen LogP contribution < -0.4 is 5.73 Å². The number of allylic oxidation sites excluding steroid dienone is 1. The summed E-state index contributed by atoms with van der Waals surface area (Å²) in [5, 5.41) is 0.643. The fraction of sp³-hybridized carbons (Fsp3) is 0.111. The molecule has 0 spiro atoms. The molecule has 2 N–H and O–H groups in total. The van der Waals surface area contributed by atoms with E-state index < -0.39 is 0 Å². The average molecular weight is 202 g/mol. The maximum atomic E-state index is 5.78. The molecule has 1 aromatic rings. The van der Waals surface area contributed by atoms with Crippen LogP contribution in [0.25, 0.3) is 6.08 Å². The van der Waals surface area contributed by atoms with Crippen LogP contribution in [0.1, 0.15) is 5.56 Å². The van der Waals surface area contributed by atoms with E-state index in [0.717, 1.165) is 5.56 Å². The summed E-state index contributed by atoms with van der Waals surface area (Å²) >= 11 is 11.3. The zero-order valence-electron chi connectivity index (χ0n) is 6.43. The highest BCUT2D eigenvalue weighted by molar-refractivity contribution is 6.31. The van der Waals surface area contributed by atoms with E-state index in [0.29, 0.717) is 16.6 Å². The Hall–Kier alpha value is -0.660. The van der Waals surface area contributed by atoms with Gasteiger partial charge in [-0.25, -0.2) is 0 Å². The van der Waals surface area contributed by atoms with Crippen LogP contribution >= 0.6 is 23.2 Å². The van der Waals surface area contributed by atoms with Crippen LogP contribution in [-0.2, 0) is 0 Å². The smallest absolute Gasteiger partial charge is 0.0432 e. The highest BCUT2D eigenvalue weighted by Gasteiger charge is 1.92. The molecule has 0 aliphatic rings. The van der Waals surface area contributed by atoms with E-state index in [2.05, 4.69) is 0 Å². The number of halogens is 2. The Morgan fingerprint density at radius 2 is 2.08 bits per heavy atom. The summed E-state index contributed by atoms with van der Waals surface area (Å²) in [4.78, 5) is 0. The van der Waals surface area contributed by atoms with Crippen molar-refractivity contribution in [1.82, 2.24) is 0 Å². The third-order valence-electron chi connectivity index (χ3n) is 1.34. The summed E-state index contributed by atoms with van der Waals surface area (Å²) in [5.41, 5.74) is 7.22. The lowest BCUT2D eigenvalue weighted by Gasteiger charge is -1.97. The first-order valence-corrected chi connectivity index (χ1v) is 4.42. The minimum absolute atomic E-state index is 0.492. The van der Waals surface area contributed by atoms with Gasteiger partial charge in [-0.15, -0.1) is 11.6 Å². The first-order valence-electron chi connectivity index (χ1n) is 3.51. The Kier molecular flexibility index (Phi) is 3.45. The first kappa shape index (κ1) is 9.43. The van der Waals surface area contributed by atoms with Crippen LogP contribution in [-0.4, -0.2) is 5.88 Å². The number of rotatable bonds is 2. The molecular weight excluding hydrogens is 193 g/mol. The number of nitrogens with two attached hydrogens (primary N) is 1. The minimum atomic E-state index is 0.492. The summed E-state index contributed by atoms with van der Waals surface area (Å²) in [6.07, 6.45) is 3.72. The Labute approximate surface area is 81.8 Å². The van der Waals surface area contributed by atoms with Gasteiger partial charge in [0.15, 0.2) is 0 Å². The molecule has 0 atom stereocenters. The zero-order chi connectivity index (χ0) is 8.97. The van der Waals surface area contributed by atoms with E-state index in [9.17, 15) is 0 Å². The topological polar surface area (TPSA) is 26.0 Å². The Morgan fingerprint density at radius 3 is 2.67 bits per heavy atom. The summed E-state index contributed by atoms with van der Waals surface area (Å²) < 4.78 is 0. The van der Waals surface area contributed by atoms with Crippen LogP contribution in [0.2, 0.25) is 5.02 Å². The third kappa shape index (κ3) is 2.76. The van der Waals surface area contributed by atoms with Gasteiger partial charge in [0.25, 0.3) is 0 Å².